The van der Waals surface area contributed by atoms with Gasteiger partial charge in [-0.1, -0.05) is 29.8 Å². The average molecular weight is 517 g/mol. The monoisotopic (exact) mass is 516 g/mol. The van der Waals surface area contributed by atoms with Crippen LogP contribution in [0.5, 0.6) is 5.75 Å². The maximum atomic E-state index is 14.4. The van der Waals surface area contributed by atoms with Crippen LogP contribution in [0.25, 0.3) is 17.2 Å². The Morgan fingerprint density at radius 1 is 1.22 bits per heavy atom. The second-order valence-corrected chi connectivity index (χ2v) is 9.16. The van der Waals surface area contributed by atoms with Gasteiger partial charge in [0.05, 0.1) is 17.0 Å². The molecule has 0 spiro atoms. The fourth-order valence-electron chi connectivity index (χ4n) is 4.51. The van der Waals surface area contributed by atoms with E-state index in [9.17, 15) is 14.3 Å². The molecule has 1 aromatic carbocycles. The zero-order chi connectivity index (χ0) is 25.9. The lowest BCUT2D eigenvalue weighted by Gasteiger charge is -2.22. The molecule has 5 heterocycles. The molecular weight excluding hydrogens is 499 g/mol. The number of rotatable bonds is 4. The first-order chi connectivity index (χ1) is 17.8. The predicted octanol–water partition coefficient (Wildman–Crippen LogP) is 3.51. The van der Waals surface area contributed by atoms with Crippen molar-refractivity contribution >= 4 is 34.8 Å². The third-order valence-corrected chi connectivity index (χ3v) is 6.75. The number of nitrogens with one attached hydrogen (secondary N) is 1. The van der Waals surface area contributed by atoms with Crippen LogP contribution < -0.4 is 11.1 Å². The van der Waals surface area contributed by atoms with E-state index in [0.717, 1.165) is 0 Å². The number of pyridine rings is 1. The van der Waals surface area contributed by atoms with Gasteiger partial charge in [0.25, 0.3) is 0 Å². The molecule has 10 nitrogen and oxygen atoms in total. The third kappa shape index (κ3) is 3.54. The zero-order valence-corrected chi connectivity index (χ0v) is 20.0. The smallest absolute Gasteiger partial charge is 0.242 e. The van der Waals surface area contributed by atoms with Crippen LogP contribution in [0.4, 0.5) is 16.0 Å². The highest BCUT2D eigenvalue weighted by Gasteiger charge is 2.49. The summed E-state index contributed by atoms with van der Waals surface area (Å²) in [5.41, 5.74) is 7.48. The molecule has 6 rings (SSSR count). The number of aromatic nitrogens is 6. The van der Waals surface area contributed by atoms with E-state index in [0.29, 0.717) is 28.2 Å². The Hall–Kier alpha value is -4.64. The number of fused-ring (bicyclic) bond motifs is 2. The second-order valence-electron chi connectivity index (χ2n) is 8.76. The summed E-state index contributed by atoms with van der Waals surface area (Å²) < 4.78 is 16.1. The average Bonchev–Trinajstić information content (AvgIpc) is 3.45. The highest BCUT2D eigenvalue weighted by Crippen LogP contribution is 2.45. The summed E-state index contributed by atoms with van der Waals surface area (Å²) in [6.07, 6.45) is 6.49. The molecule has 1 amide bonds. The number of hydrogen-bond acceptors (Lipinski definition) is 8. The third-order valence-electron chi connectivity index (χ3n) is 6.46. The van der Waals surface area contributed by atoms with Gasteiger partial charge in [0.15, 0.2) is 11.5 Å². The number of anilines is 2. The van der Waals surface area contributed by atoms with Crippen molar-refractivity contribution in [2.24, 2.45) is 0 Å². The van der Waals surface area contributed by atoms with Crippen LogP contribution in [0.2, 0.25) is 5.02 Å². The molecule has 4 aromatic heterocycles. The van der Waals surface area contributed by atoms with E-state index in [1.807, 2.05) is 0 Å². The Labute approximate surface area is 214 Å². The van der Waals surface area contributed by atoms with Crippen molar-refractivity contribution in [1.82, 2.24) is 29.3 Å². The van der Waals surface area contributed by atoms with E-state index in [1.54, 1.807) is 48.1 Å². The molecule has 0 saturated carbocycles. The minimum atomic E-state index is -1.36. The minimum absolute atomic E-state index is 0.0419. The number of carbonyl (C=O) groups excluding carboxylic acids is 1. The summed E-state index contributed by atoms with van der Waals surface area (Å²) in [5, 5.41) is 12.9. The normalized spacial score (nSPS) is 16.7. The van der Waals surface area contributed by atoms with Crippen LogP contribution in [0, 0.1) is 5.82 Å². The Bertz CT molecular complexity index is 1740. The standard InChI is InChI=1S/C25H18ClFN8O2/c1-25(18-9-17(36)13(26)10-30-18)19-20(28)32-21(33-22(19)34-24(25)37)16-11-35-7-6-29-23(35)15(31-16)8-12-4-2-3-5-14(12)27/h2-7,9-11H,8H2,1H3,(H,30,36)(H3,28,32,33,34,37)/t25-/m0/s1. The molecule has 184 valence electrons. The molecule has 0 saturated heterocycles. The van der Waals surface area contributed by atoms with Crippen LogP contribution in [0.3, 0.4) is 0 Å². The molecule has 1 atom stereocenters. The fourth-order valence-corrected chi connectivity index (χ4v) is 4.62. The van der Waals surface area contributed by atoms with Crippen molar-refractivity contribution < 1.29 is 14.3 Å². The summed E-state index contributed by atoms with van der Waals surface area (Å²) in [7, 11) is 0. The number of amides is 1. The van der Waals surface area contributed by atoms with Gasteiger partial charge in [-0.15, -0.1) is 0 Å². The first-order valence-corrected chi connectivity index (χ1v) is 11.5. The van der Waals surface area contributed by atoms with Gasteiger partial charge in [-0.2, -0.15) is 0 Å². The molecule has 5 aromatic rings. The van der Waals surface area contributed by atoms with Gasteiger partial charge in [-0.3, -0.25) is 9.78 Å². The quantitative estimate of drug-likeness (QED) is 0.329. The van der Waals surface area contributed by atoms with Crippen LogP contribution in [0.1, 0.15) is 29.4 Å². The van der Waals surface area contributed by atoms with Gasteiger partial charge in [-0.05, 0) is 18.6 Å². The zero-order valence-electron chi connectivity index (χ0n) is 19.3. The second kappa shape index (κ2) is 8.20. The van der Waals surface area contributed by atoms with Gasteiger partial charge >= 0.3 is 0 Å². The summed E-state index contributed by atoms with van der Waals surface area (Å²) in [5.74, 6) is -0.590. The van der Waals surface area contributed by atoms with E-state index in [2.05, 4.69) is 30.2 Å². The molecule has 1 aliphatic heterocycles. The lowest BCUT2D eigenvalue weighted by Crippen LogP contribution is -2.33. The molecule has 1 aliphatic rings. The molecular formula is C25H18ClFN8O2. The summed E-state index contributed by atoms with van der Waals surface area (Å²) in [4.78, 5) is 35.4. The number of aromatic hydroxyl groups is 1. The SMILES string of the molecule is C[C@@]1(c2cc(O)c(Cl)cn2)C(=O)Nc2nc(-c3cn4ccnc4c(Cc4ccccc4F)n3)nc(N)c21. The summed E-state index contributed by atoms with van der Waals surface area (Å²) in [6.45, 7) is 1.62. The maximum Gasteiger partial charge on any atom is 0.242 e. The van der Waals surface area contributed by atoms with Gasteiger partial charge in [0.2, 0.25) is 5.91 Å². The van der Waals surface area contributed by atoms with Gasteiger partial charge in [-0.25, -0.2) is 24.3 Å². The van der Waals surface area contributed by atoms with Crippen molar-refractivity contribution in [3.05, 3.63) is 88.5 Å². The van der Waals surface area contributed by atoms with Crippen molar-refractivity contribution in [3.63, 3.8) is 0 Å². The molecule has 0 fully saturated rings. The Balaban J connectivity index is 1.47. The molecule has 37 heavy (non-hydrogen) atoms. The van der Waals surface area contributed by atoms with Crippen molar-refractivity contribution in [2.75, 3.05) is 11.1 Å². The summed E-state index contributed by atoms with van der Waals surface area (Å²) >= 11 is 5.90. The lowest BCUT2D eigenvalue weighted by atomic mass is 9.80. The molecule has 0 aliphatic carbocycles. The van der Waals surface area contributed by atoms with Crippen LogP contribution in [0.15, 0.2) is 55.1 Å². The number of imidazole rings is 1. The predicted molar refractivity (Wildman–Crippen MR) is 134 cm³/mol. The van der Waals surface area contributed by atoms with Crippen molar-refractivity contribution in [2.45, 2.75) is 18.8 Å². The van der Waals surface area contributed by atoms with Crippen LogP contribution >= 0.6 is 11.6 Å². The number of nitrogens with two attached hydrogens (primary N) is 1. The molecule has 0 radical (unpaired) electrons. The first-order valence-electron chi connectivity index (χ1n) is 11.2. The Morgan fingerprint density at radius 3 is 2.81 bits per heavy atom. The van der Waals surface area contributed by atoms with Gasteiger partial charge in [0.1, 0.15) is 39.3 Å². The Morgan fingerprint density at radius 2 is 2.03 bits per heavy atom. The van der Waals surface area contributed by atoms with Crippen LogP contribution in [-0.2, 0) is 16.6 Å². The molecule has 12 heteroatoms. The molecule has 0 unspecified atom stereocenters. The number of benzene rings is 1. The van der Waals surface area contributed by atoms with Crippen LogP contribution in [-0.4, -0.2) is 40.3 Å². The fraction of sp³-hybridized carbons (Fsp3) is 0.120. The van der Waals surface area contributed by atoms with Gasteiger partial charge in [0, 0.05) is 37.3 Å². The molecule has 0 bridgehead atoms. The highest BCUT2D eigenvalue weighted by atomic mass is 35.5. The van der Waals surface area contributed by atoms with E-state index in [-0.39, 0.29) is 46.2 Å². The van der Waals surface area contributed by atoms with Crippen molar-refractivity contribution in [1.29, 1.82) is 0 Å². The number of nitrogens with zero attached hydrogens (tertiary/aromatic N) is 6. The minimum Gasteiger partial charge on any atom is -0.506 e. The highest BCUT2D eigenvalue weighted by molar-refractivity contribution is 6.31. The summed E-state index contributed by atoms with van der Waals surface area (Å²) in [6, 6.07) is 7.77. The number of carbonyl (C=O) groups is 1. The first kappa shape index (κ1) is 22.8. The van der Waals surface area contributed by atoms with Crippen molar-refractivity contribution in [3.8, 4) is 17.3 Å². The van der Waals surface area contributed by atoms with E-state index < -0.39 is 11.3 Å². The number of nitrogen functional groups attached to an aromatic ring is 1. The number of halogens is 2. The van der Waals surface area contributed by atoms with E-state index in [4.69, 9.17) is 17.3 Å². The Kier molecular flexibility index (Phi) is 5.06. The topological polar surface area (TPSA) is 144 Å². The van der Waals surface area contributed by atoms with E-state index in [1.165, 1.54) is 18.3 Å². The number of hydrogen-bond donors (Lipinski definition) is 3. The van der Waals surface area contributed by atoms with E-state index >= 15 is 0 Å². The maximum absolute atomic E-state index is 14.4. The largest absolute Gasteiger partial charge is 0.506 e. The molecule has 4 N–H and O–H groups in total. The lowest BCUT2D eigenvalue weighted by molar-refractivity contribution is -0.119. The van der Waals surface area contributed by atoms with Gasteiger partial charge < -0.3 is 20.6 Å².